The van der Waals surface area contributed by atoms with Gasteiger partial charge in [0.1, 0.15) is 0 Å². The molecule has 2 heterocycles. The van der Waals surface area contributed by atoms with Gasteiger partial charge in [-0.1, -0.05) is 59.3 Å². The van der Waals surface area contributed by atoms with Gasteiger partial charge in [0.2, 0.25) is 15.9 Å². The van der Waals surface area contributed by atoms with E-state index < -0.39 is 15.9 Å². The molecule has 0 bridgehead atoms. The van der Waals surface area contributed by atoms with E-state index in [1.165, 1.54) is 27.8 Å². The fourth-order valence-corrected chi connectivity index (χ4v) is 7.20. The third kappa shape index (κ3) is 5.18. The van der Waals surface area contributed by atoms with Crippen molar-refractivity contribution in [1.82, 2.24) is 9.29 Å². The lowest BCUT2D eigenvalue weighted by molar-refractivity contribution is -0.123. The number of piperidine rings is 1. The van der Waals surface area contributed by atoms with Crippen LogP contribution in [0.3, 0.4) is 0 Å². The van der Waals surface area contributed by atoms with Crippen LogP contribution in [0.1, 0.15) is 24.0 Å². The summed E-state index contributed by atoms with van der Waals surface area (Å²) >= 11 is 7.43. The Bertz CT molecular complexity index is 1490. The van der Waals surface area contributed by atoms with E-state index in [0.29, 0.717) is 36.1 Å². The van der Waals surface area contributed by atoms with Crippen LogP contribution in [-0.4, -0.2) is 36.7 Å². The Kier molecular flexibility index (Phi) is 7.12. The number of halogens is 1. The number of amides is 1. The van der Waals surface area contributed by atoms with E-state index in [2.05, 4.69) is 6.07 Å². The third-order valence-electron chi connectivity index (χ3n) is 6.40. The first kappa shape index (κ1) is 24.9. The molecule has 3 aromatic carbocycles. The van der Waals surface area contributed by atoms with Gasteiger partial charge in [-0.2, -0.15) is 4.31 Å². The minimum Gasteiger partial charge on any atom is -0.283 e. The molecule has 4 aromatic rings. The number of nitrogens with zero attached hydrogens (tertiary/aromatic N) is 3. The Morgan fingerprint density at radius 3 is 2.61 bits per heavy atom. The molecule has 0 radical (unpaired) electrons. The zero-order chi connectivity index (χ0) is 25.3. The Morgan fingerprint density at radius 1 is 1.11 bits per heavy atom. The standard InChI is InChI=1S/C27H26ClN3O3S2/c1-19-9-14-24-25(16-19)35-27(29-24)31(17-20-6-3-2-4-7-20)26(32)21-8-5-15-30(18-21)36(33,34)23-12-10-22(28)11-13-23/h2-4,6-7,9-14,16,21H,5,8,15,17-18H2,1H3. The first-order chi connectivity index (χ1) is 17.3. The number of aryl methyl sites for hydroxylation is 1. The highest BCUT2D eigenvalue weighted by atomic mass is 35.5. The molecule has 0 N–H and O–H groups in total. The number of sulfonamides is 1. The lowest BCUT2D eigenvalue weighted by atomic mass is 9.98. The highest BCUT2D eigenvalue weighted by Crippen LogP contribution is 2.33. The number of aromatic nitrogens is 1. The molecule has 1 aliphatic rings. The largest absolute Gasteiger partial charge is 0.283 e. The molecule has 0 saturated carbocycles. The van der Waals surface area contributed by atoms with Gasteiger partial charge in [0.05, 0.1) is 27.6 Å². The summed E-state index contributed by atoms with van der Waals surface area (Å²) in [6, 6.07) is 22.0. The van der Waals surface area contributed by atoms with Crippen LogP contribution in [-0.2, 0) is 21.4 Å². The zero-order valence-electron chi connectivity index (χ0n) is 19.8. The molecule has 1 amide bonds. The zero-order valence-corrected chi connectivity index (χ0v) is 22.2. The molecule has 0 spiro atoms. The maximum Gasteiger partial charge on any atom is 0.243 e. The van der Waals surface area contributed by atoms with Crippen LogP contribution in [0.5, 0.6) is 0 Å². The van der Waals surface area contributed by atoms with E-state index in [4.69, 9.17) is 16.6 Å². The van der Waals surface area contributed by atoms with Crippen molar-refractivity contribution in [3.05, 3.63) is 88.9 Å². The predicted octanol–water partition coefficient (Wildman–Crippen LogP) is 5.89. The van der Waals surface area contributed by atoms with Gasteiger partial charge in [-0.15, -0.1) is 0 Å². The second-order valence-electron chi connectivity index (χ2n) is 9.03. The second kappa shape index (κ2) is 10.3. The smallest absolute Gasteiger partial charge is 0.243 e. The maximum atomic E-state index is 14.0. The summed E-state index contributed by atoms with van der Waals surface area (Å²) in [7, 11) is -3.73. The van der Waals surface area contributed by atoms with Crippen LogP contribution in [0, 0.1) is 12.8 Å². The number of rotatable bonds is 6. The molecule has 1 saturated heterocycles. The number of carbonyl (C=O) groups is 1. The summed E-state index contributed by atoms with van der Waals surface area (Å²) in [5.41, 5.74) is 2.97. The lowest BCUT2D eigenvalue weighted by Crippen LogP contribution is -2.46. The molecule has 1 atom stereocenters. The molecule has 1 aliphatic heterocycles. The summed E-state index contributed by atoms with van der Waals surface area (Å²) in [5.74, 6) is -0.566. The number of anilines is 1. The minimum absolute atomic E-state index is 0.106. The first-order valence-electron chi connectivity index (χ1n) is 11.8. The molecular formula is C27H26ClN3O3S2. The molecule has 186 valence electrons. The second-order valence-corrected chi connectivity index (χ2v) is 12.4. The predicted molar refractivity (Wildman–Crippen MR) is 145 cm³/mol. The summed E-state index contributed by atoms with van der Waals surface area (Å²) in [6.07, 6.45) is 1.24. The Hall–Kier alpha value is -2.78. The van der Waals surface area contributed by atoms with Crippen molar-refractivity contribution in [3.8, 4) is 0 Å². The average molecular weight is 540 g/mol. The van der Waals surface area contributed by atoms with Crippen molar-refractivity contribution in [2.75, 3.05) is 18.0 Å². The highest BCUT2D eigenvalue weighted by molar-refractivity contribution is 7.89. The van der Waals surface area contributed by atoms with Crippen LogP contribution in [0.2, 0.25) is 5.02 Å². The third-order valence-corrected chi connectivity index (χ3v) is 9.57. The molecule has 1 aromatic heterocycles. The Labute approximate surface area is 220 Å². The van der Waals surface area contributed by atoms with Gasteiger partial charge in [-0.3, -0.25) is 9.69 Å². The number of fused-ring (bicyclic) bond motifs is 1. The first-order valence-corrected chi connectivity index (χ1v) is 14.4. The average Bonchev–Trinajstić information content (AvgIpc) is 3.31. The van der Waals surface area contributed by atoms with Gasteiger partial charge in [0.15, 0.2) is 5.13 Å². The SMILES string of the molecule is Cc1ccc2nc(N(Cc3ccccc3)C(=O)C3CCCN(S(=O)(=O)c4ccc(Cl)cc4)C3)sc2c1. The highest BCUT2D eigenvalue weighted by Gasteiger charge is 2.36. The van der Waals surface area contributed by atoms with E-state index in [1.807, 2.05) is 49.4 Å². The van der Waals surface area contributed by atoms with E-state index in [-0.39, 0.29) is 17.3 Å². The number of benzene rings is 3. The van der Waals surface area contributed by atoms with Crippen molar-refractivity contribution in [3.63, 3.8) is 0 Å². The van der Waals surface area contributed by atoms with Crippen molar-refractivity contribution in [2.24, 2.45) is 5.92 Å². The normalized spacial score (nSPS) is 16.8. The van der Waals surface area contributed by atoms with Gasteiger partial charge in [0, 0.05) is 18.1 Å². The lowest BCUT2D eigenvalue weighted by Gasteiger charge is -2.33. The quantitative estimate of drug-likeness (QED) is 0.306. The number of thiazole rings is 1. The monoisotopic (exact) mass is 539 g/mol. The summed E-state index contributed by atoms with van der Waals surface area (Å²) in [4.78, 5) is 20.6. The van der Waals surface area contributed by atoms with Gasteiger partial charge < -0.3 is 0 Å². The number of carbonyl (C=O) groups excluding carboxylic acids is 1. The molecule has 0 aliphatic carbocycles. The van der Waals surface area contributed by atoms with E-state index in [9.17, 15) is 13.2 Å². The Morgan fingerprint density at radius 2 is 1.86 bits per heavy atom. The summed E-state index contributed by atoms with van der Waals surface area (Å²) in [5, 5.41) is 1.10. The maximum absolute atomic E-state index is 14.0. The van der Waals surface area contributed by atoms with Crippen LogP contribution < -0.4 is 4.90 Å². The van der Waals surface area contributed by atoms with E-state index in [1.54, 1.807) is 17.0 Å². The van der Waals surface area contributed by atoms with Crippen LogP contribution in [0.15, 0.2) is 77.7 Å². The summed E-state index contributed by atoms with van der Waals surface area (Å²) < 4.78 is 29.0. The molecule has 1 unspecified atom stereocenters. The number of hydrogen-bond acceptors (Lipinski definition) is 5. The van der Waals surface area contributed by atoms with Crippen molar-refractivity contribution in [2.45, 2.75) is 31.2 Å². The molecule has 1 fully saturated rings. The van der Waals surface area contributed by atoms with Gasteiger partial charge in [-0.25, -0.2) is 13.4 Å². The molecule has 5 rings (SSSR count). The van der Waals surface area contributed by atoms with Crippen molar-refractivity contribution in [1.29, 1.82) is 0 Å². The van der Waals surface area contributed by atoms with Crippen LogP contribution >= 0.6 is 22.9 Å². The summed E-state index contributed by atoms with van der Waals surface area (Å²) in [6.45, 7) is 2.93. The van der Waals surface area contributed by atoms with Gasteiger partial charge >= 0.3 is 0 Å². The van der Waals surface area contributed by atoms with Gasteiger partial charge in [0.25, 0.3) is 0 Å². The topological polar surface area (TPSA) is 70.6 Å². The molecule has 36 heavy (non-hydrogen) atoms. The molecular weight excluding hydrogens is 514 g/mol. The van der Waals surface area contributed by atoms with E-state index >= 15 is 0 Å². The minimum atomic E-state index is -3.73. The van der Waals surface area contributed by atoms with Crippen LogP contribution in [0.25, 0.3) is 10.2 Å². The fourth-order valence-electron chi connectivity index (χ4n) is 4.48. The van der Waals surface area contributed by atoms with Gasteiger partial charge in [-0.05, 0) is 67.3 Å². The number of hydrogen-bond donors (Lipinski definition) is 0. The van der Waals surface area contributed by atoms with Crippen molar-refractivity contribution < 1.29 is 13.2 Å². The molecule has 9 heteroatoms. The molecule has 6 nitrogen and oxygen atoms in total. The fraction of sp³-hybridized carbons (Fsp3) is 0.259. The Balaban J connectivity index is 1.44. The van der Waals surface area contributed by atoms with E-state index in [0.717, 1.165) is 21.3 Å². The van der Waals surface area contributed by atoms with Crippen LogP contribution in [0.4, 0.5) is 5.13 Å². The van der Waals surface area contributed by atoms with Crippen molar-refractivity contribution >= 4 is 54.2 Å².